The van der Waals surface area contributed by atoms with E-state index in [0.29, 0.717) is 19.5 Å². The Kier molecular flexibility index (Phi) is 9.14. The molecule has 0 aliphatic heterocycles. The first-order chi connectivity index (χ1) is 16.0. The number of carbonyl (C=O) groups is 2. The van der Waals surface area contributed by atoms with Gasteiger partial charge in [0.15, 0.2) is 0 Å². The highest BCUT2D eigenvalue weighted by Crippen LogP contribution is 2.22. The van der Waals surface area contributed by atoms with E-state index in [1.165, 1.54) is 17.3 Å². The summed E-state index contributed by atoms with van der Waals surface area (Å²) in [4.78, 5) is 29.5. The lowest BCUT2D eigenvalue weighted by atomic mass is 10.0. The van der Waals surface area contributed by atoms with Crippen LogP contribution in [0.3, 0.4) is 0 Å². The van der Waals surface area contributed by atoms with E-state index in [0.717, 1.165) is 21.6 Å². The zero-order valence-corrected chi connectivity index (χ0v) is 20.4. The lowest BCUT2D eigenvalue weighted by Crippen LogP contribution is -2.51. The smallest absolute Gasteiger partial charge is 0.243 e. The number of amides is 2. The molecule has 0 aliphatic carbocycles. The molecule has 1 atom stereocenters. The van der Waals surface area contributed by atoms with Crippen LogP contribution in [0.15, 0.2) is 83.8 Å². The molecule has 5 heteroatoms. The van der Waals surface area contributed by atoms with E-state index >= 15 is 0 Å². The number of aryl methyl sites for hydroxylation is 2. The molecule has 172 valence electrons. The van der Waals surface area contributed by atoms with Gasteiger partial charge in [0.1, 0.15) is 6.04 Å². The number of hydrogen-bond acceptors (Lipinski definition) is 3. The Morgan fingerprint density at radius 3 is 2.24 bits per heavy atom. The van der Waals surface area contributed by atoms with Gasteiger partial charge in [-0.15, -0.1) is 11.8 Å². The van der Waals surface area contributed by atoms with E-state index in [4.69, 9.17) is 0 Å². The van der Waals surface area contributed by atoms with Gasteiger partial charge in [0, 0.05) is 24.4 Å². The molecule has 0 bridgehead atoms. The maximum Gasteiger partial charge on any atom is 0.243 e. The van der Waals surface area contributed by atoms with E-state index in [1.807, 2.05) is 93.6 Å². The summed E-state index contributed by atoms with van der Waals surface area (Å²) in [7, 11) is 0. The van der Waals surface area contributed by atoms with Gasteiger partial charge in [0.25, 0.3) is 0 Å². The van der Waals surface area contributed by atoms with Crippen molar-refractivity contribution in [3.8, 4) is 0 Å². The third-order valence-corrected chi connectivity index (χ3v) is 6.44. The van der Waals surface area contributed by atoms with Gasteiger partial charge in [0.05, 0.1) is 5.75 Å². The van der Waals surface area contributed by atoms with Gasteiger partial charge in [-0.05, 0) is 44.0 Å². The molecule has 0 fully saturated rings. The maximum absolute atomic E-state index is 13.5. The van der Waals surface area contributed by atoms with E-state index in [2.05, 4.69) is 11.4 Å². The standard InChI is InChI=1S/C28H32N2O2S/c1-4-29-28(32)26(18-23-10-6-5-7-11-23)30(19-24-12-8-9-22(3)17-24)27(31)20-33-25-15-13-21(2)14-16-25/h5-17,26H,4,18-20H2,1-3H3,(H,29,32)/t26-/m0/s1. The largest absolute Gasteiger partial charge is 0.355 e. The number of nitrogens with one attached hydrogen (secondary N) is 1. The second-order valence-corrected chi connectivity index (χ2v) is 9.26. The highest BCUT2D eigenvalue weighted by atomic mass is 32.2. The molecule has 2 amide bonds. The summed E-state index contributed by atoms with van der Waals surface area (Å²) in [6.45, 7) is 6.90. The first-order valence-electron chi connectivity index (χ1n) is 11.3. The summed E-state index contributed by atoms with van der Waals surface area (Å²) in [5.41, 5.74) is 4.37. The Morgan fingerprint density at radius 1 is 0.879 bits per heavy atom. The van der Waals surface area contributed by atoms with Gasteiger partial charge in [-0.1, -0.05) is 77.9 Å². The monoisotopic (exact) mass is 460 g/mol. The van der Waals surface area contributed by atoms with Crippen molar-refractivity contribution >= 4 is 23.6 Å². The highest BCUT2D eigenvalue weighted by Gasteiger charge is 2.30. The van der Waals surface area contributed by atoms with Gasteiger partial charge < -0.3 is 10.2 Å². The molecule has 0 spiro atoms. The van der Waals surface area contributed by atoms with E-state index < -0.39 is 6.04 Å². The molecule has 3 aromatic rings. The fourth-order valence-electron chi connectivity index (χ4n) is 3.72. The van der Waals surface area contributed by atoms with E-state index in [1.54, 1.807) is 4.90 Å². The number of benzene rings is 3. The topological polar surface area (TPSA) is 49.4 Å². The molecule has 1 N–H and O–H groups in total. The zero-order valence-electron chi connectivity index (χ0n) is 19.6. The maximum atomic E-state index is 13.5. The number of rotatable bonds is 10. The van der Waals surface area contributed by atoms with Crippen molar-refractivity contribution in [3.63, 3.8) is 0 Å². The lowest BCUT2D eigenvalue weighted by Gasteiger charge is -2.31. The second-order valence-electron chi connectivity index (χ2n) is 8.21. The highest BCUT2D eigenvalue weighted by molar-refractivity contribution is 8.00. The molecule has 3 rings (SSSR count). The third kappa shape index (κ3) is 7.50. The molecule has 0 unspecified atom stereocenters. The van der Waals surface area contributed by atoms with Crippen molar-refractivity contribution in [2.75, 3.05) is 12.3 Å². The van der Waals surface area contributed by atoms with Gasteiger partial charge in [-0.3, -0.25) is 9.59 Å². The minimum absolute atomic E-state index is 0.0470. The minimum atomic E-state index is -0.584. The van der Waals surface area contributed by atoms with Crippen molar-refractivity contribution in [3.05, 3.63) is 101 Å². The Balaban J connectivity index is 1.88. The summed E-state index contributed by atoms with van der Waals surface area (Å²) < 4.78 is 0. The van der Waals surface area contributed by atoms with Crippen molar-refractivity contribution in [2.45, 2.75) is 44.7 Å². The molecular formula is C28H32N2O2S. The molecule has 0 radical (unpaired) electrons. The summed E-state index contributed by atoms with van der Waals surface area (Å²) in [5.74, 6) is 0.108. The predicted molar refractivity (Wildman–Crippen MR) is 136 cm³/mol. The van der Waals surface area contributed by atoms with Gasteiger partial charge in [0.2, 0.25) is 11.8 Å². The van der Waals surface area contributed by atoms with E-state index in [-0.39, 0.29) is 17.6 Å². The van der Waals surface area contributed by atoms with Crippen molar-refractivity contribution < 1.29 is 9.59 Å². The molecule has 0 heterocycles. The van der Waals surface area contributed by atoms with Crippen LogP contribution in [-0.4, -0.2) is 35.1 Å². The van der Waals surface area contributed by atoms with Gasteiger partial charge in [-0.2, -0.15) is 0 Å². The SMILES string of the molecule is CCNC(=O)[C@H](Cc1ccccc1)N(Cc1cccc(C)c1)C(=O)CSc1ccc(C)cc1. The van der Waals surface area contributed by atoms with E-state index in [9.17, 15) is 9.59 Å². The zero-order chi connectivity index (χ0) is 23.6. The predicted octanol–water partition coefficient (Wildman–Crippen LogP) is 5.17. The Bertz CT molecular complexity index is 1050. The third-order valence-electron chi connectivity index (χ3n) is 5.44. The van der Waals surface area contributed by atoms with Crippen LogP contribution in [0.4, 0.5) is 0 Å². The van der Waals surface area contributed by atoms with Crippen molar-refractivity contribution in [1.29, 1.82) is 0 Å². The fraction of sp³-hybridized carbons (Fsp3) is 0.286. The minimum Gasteiger partial charge on any atom is -0.355 e. The number of hydrogen-bond donors (Lipinski definition) is 1. The number of nitrogens with zero attached hydrogens (tertiary/aromatic N) is 1. The molecule has 4 nitrogen and oxygen atoms in total. The lowest BCUT2D eigenvalue weighted by molar-refractivity contribution is -0.139. The van der Waals surface area contributed by atoms with Crippen LogP contribution >= 0.6 is 11.8 Å². The average Bonchev–Trinajstić information content (AvgIpc) is 2.81. The van der Waals surface area contributed by atoms with Crippen LogP contribution in [0.1, 0.15) is 29.2 Å². The molecule has 3 aromatic carbocycles. The summed E-state index contributed by atoms with van der Waals surface area (Å²) in [6.07, 6.45) is 0.472. The summed E-state index contributed by atoms with van der Waals surface area (Å²) in [6, 6.07) is 25.6. The quantitative estimate of drug-likeness (QED) is 0.425. The fourth-order valence-corrected chi connectivity index (χ4v) is 4.50. The van der Waals surface area contributed by atoms with Crippen molar-refractivity contribution in [1.82, 2.24) is 10.2 Å². The first-order valence-corrected chi connectivity index (χ1v) is 12.3. The Labute approximate surface area is 201 Å². The number of carbonyl (C=O) groups excluding carboxylic acids is 2. The van der Waals surface area contributed by atoms with Crippen molar-refractivity contribution in [2.24, 2.45) is 0 Å². The molecule has 33 heavy (non-hydrogen) atoms. The molecule has 0 saturated carbocycles. The molecule has 0 aliphatic rings. The van der Waals surface area contributed by atoms with Crippen LogP contribution in [0.25, 0.3) is 0 Å². The van der Waals surface area contributed by atoms with Crippen LogP contribution in [0.2, 0.25) is 0 Å². The molecule has 0 saturated heterocycles. The number of likely N-dealkylation sites (N-methyl/N-ethyl adjacent to an activating group) is 1. The van der Waals surface area contributed by atoms with Crippen LogP contribution < -0.4 is 5.32 Å². The summed E-state index contributed by atoms with van der Waals surface area (Å²) >= 11 is 1.51. The summed E-state index contributed by atoms with van der Waals surface area (Å²) in [5, 5.41) is 2.94. The average molecular weight is 461 g/mol. The molecular weight excluding hydrogens is 428 g/mol. The second kappa shape index (κ2) is 12.3. The van der Waals surface area contributed by atoms with Crippen LogP contribution in [-0.2, 0) is 22.6 Å². The van der Waals surface area contributed by atoms with Crippen LogP contribution in [0.5, 0.6) is 0 Å². The molecule has 0 aromatic heterocycles. The first kappa shape index (κ1) is 24.6. The van der Waals surface area contributed by atoms with Gasteiger partial charge >= 0.3 is 0 Å². The number of thioether (sulfide) groups is 1. The van der Waals surface area contributed by atoms with Gasteiger partial charge in [-0.25, -0.2) is 0 Å². The normalized spacial score (nSPS) is 11.6. The van der Waals surface area contributed by atoms with Crippen LogP contribution in [0, 0.1) is 13.8 Å². The Morgan fingerprint density at radius 2 is 1.58 bits per heavy atom. The Hall–Kier alpha value is -3.05.